The Morgan fingerprint density at radius 1 is 0.838 bits per heavy atom. The Balaban J connectivity index is 1.59. The minimum atomic E-state index is 0.533. The third kappa shape index (κ3) is 7.19. The zero-order valence-corrected chi connectivity index (χ0v) is 23.4. The summed E-state index contributed by atoms with van der Waals surface area (Å²) >= 11 is 12.3. The van der Waals surface area contributed by atoms with E-state index in [1.54, 1.807) is 18.2 Å². The van der Waals surface area contributed by atoms with Gasteiger partial charge in [-0.2, -0.15) is 0 Å². The molecule has 0 unspecified atom stereocenters. The molecule has 0 spiro atoms. The predicted octanol–water partition coefficient (Wildman–Crippen LogP) is 8.71. The molecule has 4 rings (SSSR count). The van der Waals surface area contributed by atoms with Gasteiger partial charge in [0.05, 0.1) is 17.6 Å². The smallest absolute Gasteiger partial charge is 0.141 e. The van der Waals surface area contributed by atoms with Crippen LogP contribution in [0.15, 0.2) is 60.7 Å². The largest absolute Gasteiger partial charge is 0.493 e. The lowest BCUT2D eigenvalue weighted by Crippen LogP contribution is -2.25. The maximum atomic E-state index is 6.15. The zero-order valence-electron chi connectivity index (χ0n) is 21.8. The van der Waals surface area contributed by atoms with E-state index in [1.165, 1.54) is 0 Å². The van der Waals surface area contributed by atoms with Crippen LogP contribution in [-0.4, -0.2) is 40.7 Å². The van der Waals surface area contributed by atoms with Gasteiger partial charge in [-0.1, -0.05) is 62.5 Å². The number of imidazole rings is 1. The number of fused-ring (bicyclic) bond motifs is 1. The molecule has 5 nitrogen and oxygen atoms in total. The first kappa shape index (κ1) is 27.3. The maximum absolute atomic E-state index is 6.15. The molecule has 0 amide bonds. The van der Waals surface area contributed by atoms with Crippen LogP contribution in [0.3, 0.4) is 0 Å². The van der Waals surface area contributed by atoms with Crippen LogP contribution in [0.2, 0.25) is 10.0 Å². The first-order valence-electron chi connectivity index (χ1n) is 13.1. The van der Waals surface area contributed by atoms with Crippen molar-refractivity contribution in [3.05, 3.63) is 70.7 Å². The number of hydrogen-bond donors (Lipinski definition) is 0. The van der Waals surface area contributed by atoms with E-state index in [4.69, 9.17) is 37.7 Å². The summed E-state index contributed by atoms with van der Waals surface area (Å²) in [5.74, 6) is 3.09. The molecule has 1 aromatic heterocycles. The molecule has 0 atom stereocenters. The molecule has 0 bridgehead atoms. The van der Waals surface area contributed by atoms with Gasteiger partial charge in [0.15, 0.2) is 0 Å². The maximum Gasteiger partial charge on any atom is 0.141 e. The van der Waals surface area contributed by atoms with E-state index in [1.807, 2.05) is 24.3 Å². The highest BCUT2D eigenvalue weighted by Gasteiger charge is 2.15. The lowest BCUT2D eigenvalue weighted by molar-refractivity contribution is 0.249. The van der Waals surface area contributed by atoms with Crippen molar-refractivity contribution in [2.45, 2.75) is 46.6 Å². The summed E-state index contributed by atoms with van der Waals surface area (Å²) in [4.78, 5) is 7.41. The van der Waals surface area contributed by atoms with Gasteiger partial charge in [-0.15, -0.1) is 0 Å². The molecular weight excluding hydrogens is 505 g/mol. The topological polar surface area (TPSA) is 39.5 Å². The summed E-state index contributed by atoms with van der Waals surface area (Å²) in [6.45, 7) is 11.4. The van der Waals surface area contributed by atoms with Crippen molar-refractivity contribution in [2.24, 2.45) is 0 Å². The SMILES string of the molecule is CCCCn1c(-c2cccc(Oc3cc(Cl)cc(Cl)c3)c2)nc2ccc(OCCCN(CC)CC)cc21. The van der Waals surface area contributed by atoms with Gasteiger partial charge in [0, 0.05) is 34.8 Å². The summed E-state index contributed by atoms with van der Waals surface area (Å²) in [7, 11) is 0. The lowest BCUT2D eigenvalue weighted by atomic mass is 10.2. The standard InChI is InChI=1S/C30H35Cl2N3O2/c1-4-7-15-35-29-21-25(36-16-9-14-34(5-2)6-3)12-13-28(29)33-30(35)22-10-8-11-26(17-22)37-27-19-23(31)18-24(32)20-27/h8,10-13,17-21H,4-7,9,14-16H2,1-3H3. The van der Waals surface area contributed by atoms with Crippen LogP contribution >= 0.6 is 23.2 Å². The van der Waals surface area contributed by atoms with Crippen molar-refractivity contribution in [3.63, 3.8) is 0 Å². The fourth-order valence-corrected chi connectivity index (χ4v) is 4.90. The number of nitrogens with zero attached hydrogens (tertiary/aromatic N) is 3. The van der Waals surface area contributed by atoms with Crippen LogP contribution in [-0.2, 0) is 6.54 Å². The Kier molecular flexibility index (Phi) is 9.73. The highest BCUT2D eigenvalue weighted by molar-refractivity contribution is 6.34. The number of halogens is 2. The number of benzene rings is 3. The summed E-state index contributed by atoms with van der Waals surface area (Å²) in [5, 5.41) is 1.07. The van der Waals surface area contributed by atoms with E-state index >= 15 is 0 Å². The first-order valence-corrected chi connectivity index (χ1v) is 13.9. The molecule has 7 heteroatoms. The molecule has 0 aliphatic heterocycles. The molecular formula is C30H35Cl2N3O2. The summed E-state index contributed by atoms with van der Waals surface area (Å²) in [6, 6.07) is 19.3. The normalized spacial score (nSPS) is 11.4. The predicted molar refractivity (Wildman–Crippen MR) is 155 cm³/mol. The Hall–Kier alpha value is -2.73. The molecule has 4 aromatic rings. The van der Waals surface area contributed by atoms with Crippen LogP contribution in [0.5, 0.6) is 17.2 Å². The first-order chi connectivity index (χ1) is 18.0. The van der Waals surface area contributed by atoms with Gasteiger partial charge in [-0.3, -0.25) is 0 Å². The number of rotatable bonds is 13. The monoisotopic (exact) mass is 539 g/mol. The van der Waals surface area contributed by atoms with E-state index < -0.39 is 0 Å². The Morgan fingerprint density at radius 2 is 1.62 bits per heavy atom. The van der Waals surface area contributed by atoms with Gasteiger partial charge < -0.3 is 18.9 Å². The van der Waals surface area contributed by atoms with Crippen molar-refractivity contribution in [2.75, 3.05) is 26.2 Å². The molecule has 0 saturated heterocycles. The van der Waals surface area contributed by atoms with Gasteiger partial charge in [-0.25, -0.2) is 4.98 Å². The van der Waals surface area contributed by atoms with Crippen molar-refractivity contribution in [1.29, 1.82) is 0 Å². The van der Waals surface area contributed by atoms with E-state index in [-0.39, 0.29) is 0 Å². The summed E-state index contributed by atoms with van der Waals surface area (Å²) in [6.07, 6.45) is 3.16. The van der Waals surface area contributed by atoms with E-state index in [2.05, 4.69) is 48.4 Å². The van der Waals surface area contributed by atoms with Crippen LogP contribution in [0.25, 0.3) is 22.4 Å². The second-order valence-corrected chi connectivity index (χ2v) is 9.93. The highest BCUT2D eigenvalue weighted by Crippen LogP contribution is 2.33. The van der Waals surface area contributed by atoms with Gasteiger partial charge in [0.2, 0.25) is 0 Å². The van der Waals surface area contributed by atoms with E-state index in [9.17, 15) is 0 Å². The molecule has 0 fully saturated rings. The van der Waals surface area contributed by atoms with Gasteiger partial charge >= 0.3 is 0 Å². The molecule has 0 saturated carbocycles. The Morgan fingerprint density at radius 3 is 2.35 bits per heavy atom. The average molecular weight is 541 g/mol. The molecule has 1 heterocycles. The van der Waals surface area contributed by atoms with Crippen molar-refractivity contribution < 1.29 is 9.47 Å². The molecule has 0 N–H and O–H groups in total. The molecule has 196 valence electrons. The quantitative estimate of drug-likeness (QED) is 0.159. The average Bonchev–Trinajstić information content (AvgIpc) is 3.25. The molecule has 0 aliphatic carbocycles. The van der Waals surface area contributed by atoms with Crippen LogP contribution in [0.1, 0.15) is 40.0 Å². The molecule has 0 radical (unpaired) electrons. The number of aryl methyl sites for hydroxylation is 1. The second kappa shape index (κ2) is 13.2. The molecule has 0 aliphatic rings. The van der Waals surface area contributed by atoms with Crippen LogP contribution < -0.4 is 9.47 Å². The van der Waals surface area contributed by atoms with Crippen LogP contribution in [0, 0.1) is 0 Å². The number of unbranched alkanes of at least 4 members (excludes halogenated alkanes) is 1. The minimum Gasteiger partial charge on any atom is -0.493 e. The Labute approximate surface area is 229 Å². The number of ether oxygens (including phenoxy) is 2. The number of hydrogen-bond acceptors (Lipinski definition) is 4. The van der Waals surface area contributed by atoms with Crippen molar-refractivity contribution in [3.8, 4) is 28.6 Å². The second-order valence-electron chi connectivity index (χ2n) is 9.06. The molecule has 37 heavy (non-hydrogen) atoms. The fraction of sp³-hybridized carbons (Fsp3) is 0.367. The molecule has 3 aromatic carbocycles. The van der Waals surface area contributed by atoms with Gasteiger partial charge in [0.25, 0.3) is 0 Å². The van der Waals surface area contributed by atoms with Crippen molar-refractivity contribution in [1.82, 2.24) is 14.5 Å². The summed E-state index contributed by atoms with van der Waals surface area (Å²) in [5.41, 5.74) is 3.02. The third-order valence-electron chi connectivity index (χ3n) is 6.40. The van der Waals surface area contributed by atoms with Crippen molar-refractivity contribution >= 4 is 34.2 Å². The highest BCUT2D eigenvalue weighted by atomic mass is 35.5. The van der Waals surface area contributed by atoms with Crippen LogP contribution in [0.4, 0.5) is 0 Å². The Bertz CT molecular complexity index is 1300. The fourth-order valence-electron chi connectivity index (χ4n) is 4.40. The summed E-state index contributed by atoms with van der Waals surface area (Å²) < 4.78 is 14.5. The van der Waals surface area contributed by atoms with Gasteiger partial charge in [0.1, 0.15) is 23.1 Å². The zero-order chi connectivity index (χ0) is 26.2. The number of aromatic nitrogens is 2. The van der Waals surface area contributed by atoms with Gasteiger partial charge in [-0.05, 0) is 68.4 Å². The van der Waals surface area contributed by atoms with E-state index in [0.29, 0.717) is 28.2 Å². The minimum absolute atomic E-state index is 0.533. The lowest BCUT2D eigenvalue weighted by Gasteiger charge is -2.17. The third-order valence-corrected chi connectivity index (χ3v) is 6.84. The van der Waals surface area contributed by atoms with E-state index in [0.717, 1.165) is 73.6 Å².